The highest BCUT2D eigenvalue weighted by Crippen LogP contribution is 2.45. The fraction of sp³-hybridized carbons (Fsp3) is 0.505. The van der Waals surface area contributed by atoms with E-state index < -0.39 is 0 Å². The van der Waals surface area contributed by atoms with E-state index in [0.29, 0.717) is 54.3 Å². The third-order valence-electron chi connectivity index (χ3n) is 17.0. The van der Waals surface area contributed by atoms with Gasteiger partial charge in [0.05, 0.1) is 18.7 Å². The molecular formula is C109H164N2O7S2. The van der Waals surface area contributed by atoms with Gasteiger partial charge in [0.1, 0.15) is 12.7 Å². The lowest BCUT2D eigenvalue weighted by molar-refractivity contribution is -0.116. The van der Waals surface area contributed by atoms with Crippen molar-refractivity contribution in [3.8, 4) is 34.5 Å². The molecule has 15 rings (SSSR count). The molecule has 10 aromatic rings. The Balaban J connectivity index is 0.000000656. The maximum absolute atomic E-state index is 10.9. The van der Waals surface area contributed by atoms with Gasteiger partial charge in [0, 0.05) is 39.2 Å². The number of hydrogen-bond donors (Lipinski definition) is 1. The van der Waals surface area contributed by atoms with Crippen molar-refractivity contribution < 1.29 is 33.2 Å². The molecule has 1 N–H and O–H groups in total. The number of ether oxygens (including phenoxy) is 6. The van der Waals surface area contributed by atoms with Crippen LogP contribution < -0.4 is 33.7 Å². The van der Waals surface area contributed by atoms with Gasteiger partial charge in [-0.25, -0.2) is 0 Å². The van der Waals surface area contributed by atoms with Crippen LogP contribution in [0.1, 0.15) is 300 Å². The van der Waals surface area contributed by atoms with E-state index in [1.54, 1.807) is 34.2 Å². The van der Waals surface area contributed by atoms with Crippen molar-refractivity contribution in [2.24, 2.45) is 41.4 Å². The van der Waals surface area contributed by atoms with Crippen molar-refractivity contribution in [3.05, 3.63) is 260 Å². The van der Waals surface area contributed by atoms with E-state index in [0.717, 1.165) is 95.3 Å². The number of anilines is 1. The summed E-state index contributed by atoms with van der Waals surface area (Å²) in [6, 6.07) is 64.2. The zero-order chi connectivity index (χ0) is 90.7. The molecule has 8 aromatic carbocycles. The van der Waals surface area contributed by atoms with Gasteiger partial charge in [0.15, 0.2) is 34.5 Å². The predicted molar refractivity (Wildman–Crippen MR) is 527 cm³/mol. The number of rotatable bonds is 3. The van der Waals surface area contributed by atoms with Gasteiger partial charge in [-0.15, -0.1) is 22.7 Å². The van der Waals surface area contributed by atoms with Crippen LogP contribution in [0.5, 0.6) is 34.5 Å². The Kier molecular flexibility index (Phi) is 55.0. The molecule has 0 saturated carbocycles. The Morgan fingerprint density at radius 2 is 0.775 bits per heavy atom. The Morgan fingerprint density at radius 3 is 1.15 bits per heavy atom. The molecule has 0 radical (unpaired) electrons. The second-order valence-electron chi connectivity index (χ2n) is 37.7. The molecule has 664 valence electrons. The molecular weight excluding hydrogens is 1510 g/mol. The summed E-state index contributed by atoms with van der Waals surface area (Å²) in [6.45, 7) is 77.1. The minimum absolute atomic E-state index is 0.128. The maximum atomic E-state index is 10.9. The minimum atomic E-state index is 0.128. The lowest BCUT2D eigenvalue weighted by Crippen LogP contribution is -2.33. The molecule has 1 amide bonds. The molecule has 0 fully saturated rings. The van der Waals surface area contributed by atoms with Crippen molar-refractivity contribution in [2.75, 3.05) is 31.9 Å². The molecule has 0 bridgehead atoms. The number of fused-ring (bicyclic) bond motifs is 6. The minimum Gasteiger partial charge on any atom is -0.489 e. The van der Waals surface area contributed by atoms with Gasteiger partial charge in [-0.1, -0.05) is 345 Å². The summed E-state index contributed by atoms with van der Waals surface area (Å²) in [4.78, 5) is 16.1. The lowest BCUT2D eigenvalue weighted by Gasteiger charge is -2.41. The Labute approximate surface area is 741 Å². The number of aryl methyl sites for hydroxylation is 5. The van der Waals surface area contributed by atoms with E-state index in [1.807, 2.05) is 115 Å². The molecule has 120 heavy (non-hydrogen) atoms. The van der Waals surface area contributed by atoms with Crippen molar-refractivity contribution in [1.82, 2.24) is 4.98 Å². The summed E-state index contributed by atoms with van der Waals surface area (Å²) in [5.74, 6) is 12.7. The quantitative estimate of drug-likeness (QED) is 0.187. The van der Waals surface area contributed by atoms with Crippen LogP contribution in [0.25, 0.3) is 10.1 Å². The fourth-order valence-electron chi connectivity index (χ4n) is 11.3. The number of nitrogens with one attached hydrogen (secondary N) is 1. The monoisotopic (exact) mass is 1680 g/mol. The number of hydrogen-bond acceptors (Lipinski definition) is 10. The third-order valence-corrected chi connectivity index (χ3v) is 18.9. The third kappa shape index (κ3) is 49.5. The zero-order valence-corrected chi connectivity index (χ0v) is 82.9. The average molecular weight is 1680 g/mol. The molecule has 0 saturated heterocycles. The number of thiophene rings is 1. The number of nitrogens with zero attached hydrogens (tertiary/aromatic N) is 1. The number of carbonyl (C=O) groups is 1. The van der Waals surface area contributed by atoms with Crippen LogP contribution in [-0.4, -0.2) is 43.6 Å². The number of para-hydroxylation sites is 7. The smallest absolute Gasteiger partial charge is 0.231 e. The second-order valence-corrected chi connectivity index (χ2v) is 39.5. The number of benzene rings is 8. The van der Waals surface area contributed by atoms with Crippen molar-refractivity contribution >= 4 is 44.4 Å². The van der Waals surface area contributed by atoms with Crippen LogP contribution in [-0.2, 0) is 22.0 Å². The van der Waals surface area contributed by atoms with E-state index in [2.05, 4.69) is 336 Å². The van der Waals surface area contributed by atoms with E-state index in [1.165, 1.54) is 66.7 Å². The summed E-state index contributed by atoms with van der Waals surface area (Å²) >= 11 is 3.51. The molecule has 5 aliphatic rings. The van der Waals surface area contributed by atoms with Gasteiger partial charge in [0.2, 0.25) is 12.7 Å². The summed E-state index contributed by atoms with van der Waals surface area (Å²) in [5, 5.41) is 6.13. The van der Waals surface area contributed by atoms with Crippen molar-refractivity contribution in [2.45, 2.75) is 296 Å². The summed E-state index contributed by atoms with van der Waals surface area (Å²) in [7, 11) is 0. The number of aromatic nitrogens is 1. The zero-order valence-electron chi connectivity index (χ0n) is 81.3. The largest absolute Gasteiger partial charge is 0.489 e. The topological polar surface area (TPSA) is 97.4 Å². The van der Waals surface area contributed by atoms with Crippen LogP contribution in [0.2, 0.25) is 0 Å². The van der Waals surface area contributed by atoms with Crippen molar-refractivity contribution in [1.29, 1.82) is 0 Å². The van der Waals surface area contributed by atoms with Crippen LogP contribution in [0.15, 0.2) is 205 Å². The number of thiazole rings is 1. The Morgan fingerprint density at radius 1 is 0.408 bits per heavy atom. The predicted octanol–water partition coefficient (Wildman–Crippen LogP) is 33.0. The molecule has 2 aromatic heterocycles. The van der Waals surface area contributed by atoms with E-state index in [9.17, 15) is 4.79 Å². The number of carbonyl (C=O) groups excluding carboxylic acids is 1. The molecule has 9 nitrogen and oxygen atoms in total. The lowest BCUT2D eigenvalue weighted by atomic mass is 9.63. The Hall–Kier alpha value is -8.38. The summed E-state index contributed by atoms with van der Waals surface area (Å²) in [6.07, 6.45) is 6.04. The molecule has 0 spiro atoms. The van der Waals surface area contributed by atoms with Gasteiger partial charge in [0.25, 0.3) is 0 Å². The van der Waals surface area contributed by atoms with E-state index in [-0.39, 0.29) is 12.0 Å². The molecule has 1 atom stereocenters. The average Bonchev–Trinajstić information content (AvgIpc) is 0.884. The normalized spacial score (nSPS) is 14.0. The number of amides is 1. The SMILES string of the molecule is CC(C)C.CC(C)C.CC(C)C.CC(C)C.CC(C)C.CC(C)C.CC(C)c1cc2ccccc2s1.CC1(C)CCC(C)(C)c2ccccc21.CC1COc2ccccc2O1.CC1COc2ccccc2OC1.Cc1ccc(C)c(C(C)C)c1.Cc1ccc(C)c(C(C)C)c1.O=C1CCc2ccccc2N1.c1ccc2c(c1)OCO2.c1cscn1. The molecule has 1 aliphatic carbocycles. The van der Waals surface area contributed by atoms with Crippen LogP contribution in [0.3, 0.4) is 0 Å². The molecule has 11 heteroatoms. The van der Waals surface area contributed by atoms with E-state index >= 15 is 0 Å². The van der Waals surface area contributed by atoms with Gasteiger partial charge in [-0.3, -0.25) is 9.78 Å². The second kappa shape index (κ2) is 60.2. The highest BCUT2D eigenvalue weighted by Gasteiger charge is 2.36. The van der Waals surface area contributed by atoms with Crippen molar-refractivity contribution in [3.63, 3.8) is 0 Å². The van der Waals surface area contributed by atoms with Gasteiger partial charge < -0.3 is 33.7 Å². The maximum Gasteiger partial charge on any atom is 0.231 e. The first kappa shape index (κ1) is 110. The molecule has 6 heterocycles. The fourth-order valence-corrected chi connectivity index (χ4v) is 12.7. The summed E-state index contributed by atoms with van der Waals surface area (Å²) < 4.78 is 33.5. The van der Waals surface area contributed by atoms with Gasteiger partial charge in [-0.2, -0.15) is 0 Å². The summed E-state index contributed by atoms with van der Waals surface area (Å²) in [5.41, 5.74) is 16.3. The Bertz CT molecular complexity index is 4040. The first-order chi connectivity index (χ1) is 56.4. The van der Waals surface area contributed by atoms with Crippen LogP contribution in [0, 0.1) is 69.1 Å². The molecule has 4 aliphatic heterocycles. The van der Waals surface area contributed by atoms with Gasteiger partial charge >= 0.3 is 0 Å². The first-order valence-electron chi connectivity index (χ1n) is 44.4. The molecule has 1 unspecified atom stereocenters. The standard InChI is InChI=1S/C14H20.C11H12S.2C11H16.C10H12O2.C9H9NO.C9H10O2.C7H6O2.6C4H10.C3H3NS/c1-13(2)9-10-14(3,4)12-8-6-5-7-11(12)13;1-8(2)11-7-9-5-3-4-6-10(9)12-11;2*1-8(2)11-7-9(3)5-6-10(11)4;1-8-6-11-9-4-2-3-5-10(9)12-7-8;11-9-6-5-7-3-1-2-4-8(7)10-9;1-7-6-10-8-4-2-3-5-9(8)11-7;1-2-4-7-6(3-1)8-5-9-7;6*1-4(2)3;1-2-5-3-4-1/h5-8H,9-10H2,1-4H3;3-8H,1-2H3;2*5-8H,1-4H3;2-5,8H,6-7H2,1H3;1-4H,5-6H2,(H,10,11);2-5,7H,6H2,1H3;1-4H,5H2;6*4H,1-3H3;1-3H. The van der Waals surface area contributed by atoms with Crippen LogP contribution >= 0.6 is 22.7 Å². The highest BCUT2D eigenvalue weighted by atomic mass is 32.1. The first-order valence-corrected chi connectivity index (χ1v) is 46.1. The van der Waals surface area contributed by atoms with Gasteiger partial charge in [-0.05, 0) is 217 Å². The van der Waals surface area contributed by atoms with Crippen LogP contribution in [0.4, 0.5) is 5.69 Å². The van der Waals surface area contributed by atoms with E-state index in [4.69, 9.17) is 28.4 Å². The highest BCUT2D eigenvalue weighted by molar-refractivity contribution is 7.19.